The van der Waals surface area contributed by atoms with Gasteiger partial charge in [0.15, 0.2) is 6.29 Å². The van der Waals surface area contributed by atoms with E-state index in [-0.39, 0.29) is 11.8 Å². The molecule has 0 fully saturated rings. The van der Waals surface area contributed by atoms with E-state index < -0.39 is 40.9 Å². The first kappa shape index (κ1) is 14.5. The Balaban J connectivity index is 3.37. The first-order valence-electron chi connectivity index (χ1n) is 4.78. The molecule has 0 radical (unpaired) electrons. The van der Waals surface area contributed by atoms with Crippen molar-refractivity contribution in [3.8, 4) is 5.75 Å². The van der Waals surface area contributed by atoms with Crippen LogP contribution in [0.2, 0.25) is 0 Å². The summed E-state index contributed by atoms with van der Waals surface area (Å²) >= 11 is 0. The number of ether oxygens (including phenoxy) is 1. The lowest BCUT2D eigenvalue weighted by molar-refractivity contribution is -0.385. The molecular weight excluding hydrogens is 268 g/mol. The summed E-state index contributed by atoms with van der Waals surface area (Å²) in [5.41, 5.74) is -1.40. The number of hydrogen-bond acceptors (Lipinski definition) is 5. The number of aldehydes is 1. The lowest BCUT2D eigenvalue weighted by atomic mass is 10.1. The molecule has 0 heterocycles. The van der Waals surface area contributed by atoms with Crippen LogP contribution in [0, 0.1) is 10.1 Å². The van der Waals surface area contributed by atoms with Crippen molar-refractivity contribution in [2.24, 2.45) is 0 Å². The smallest absolute Gasteiger partial charge is 0.387 e. The van der Waals surface area contributed by atoms with Crippen molar-refractivity contribution in [1.29, 1.82) is 0 Å². The van der Waals surface area contributed by atoms with Crippen LogP contribution >= 0.6 is 0 Å². The van der Waals surface area contributed by atoms with E-state index in [1.807, 2.05) is 0 Å². The van der Waals surface area contributed by atoms with E-state index in [4.69, 9.17) is 5.11 Å². The van der Waals surface area contributed by atoms with Gasteiger partial charge in [0, 0.05) is 5.56 Å². The molecule has 0 amide bonds. The van der Waals surface area contributed by atoms with Gasteiger partial charge in [-0.05, 0) is 6.07 Å². The van der Waals surface area contributed by atoms with E-state index in [0.717, 1.165) is 6.07 Å². The number of rotatable bonds is 6. The zero-order valence-electron chi connectivity index (χ0n) is 9.21. The molecule has 0 bridgehead atoms. The van der Waals surface area contributed by atoms with Gasteiger partial charge in [-0.15, -0.1) is 0 Å². The van der Waals surface area contributed by atoms with Crippen LogP contribution in [0.1, 0.15) is 15.9 Å². The molecule has 0 atom stereocenters. The molecule has 7 nitrogen and oxygen atoms in total. The summed E-state index contributed by atoms with van der Waals surface area (Å²) in [5, 5.41) is 19.2. The molecule has 0 saturated carbocycles. The molecule has 9 heteroatoms. The van der Waals surface area contributed by atoms with Crippen molar-refractivity contribution in [3.63, 3.8) is 0 Å². The Hall–Kier alpha value is -2.58. The monoisotopic (exact) mass is 275 g/mol. The van der Waals surface area contributed by atoms with E-state index in [1.54, 1.807) is 0 Å². The highest BCUT2D eigenvalue weighted by atomic mass is 19.3. The van der Waals surface area contributed by atoms with Crippen LogP contribution < -0.4 is 4.74 Å². The Bertz CT molecular complexity index is 531. The standard InChI is InChI=1S/C10H7F2NO6/c11-10(12)19-8-3-7(13(17)18)6(4-14)1-5(8)2-9(15)16/h1,3-4,10H,2H2,(H,15,16). The Morgan fingerprint density at radius 2 is 2.16 bits per heavy atom. The van der Waals surface area contributed by atoms with Gasteiger partial charge >= 0.3 is 12.6 Å². The third kappa shape index (κ3) is 3.69. The second-order valence-corrected chi connectivity index (χ2v) is 3.34. The van der Waals surface area contributed by atoms with E-state index in [2.05, 4.69) is 4.74 Å². The average Bonchev–Trinajstić information content (AvgIpc) is 2.29. The number of benzene rings is 1. The molecule has 0 spiro atoms. The molecule has 0 aliphatic rings. The molecule has 19 heavy (non-hydrogen) atoms. The molecule has 0 unspecified atom stereocenters. The van der Waals surface area contributed by atoms with Gasteiger partial charge in [0.1, 0.15) is 5.75 Å². The molecule has 0 saturated heterocycles. The summed E-state index contributed by atoms with van der Waals surface area (Å²) in [4.78, 5) is 30.9. The Kier molecular flexibility index (Phi) is 4.46. The fraction of sp³-hybridized carbons (Fsp3) is 0.200. The number of aliphatic carboxylic acids is 1. The fourth-order valence-corrected chi connectivity index (χ4v) is 1.39. The topological polar surface area (TPSA) is 107 Å². The number of carboxylic acids is 1. The molecule has 0 aromatic heterocycles. The summed E-state index contributed by atoms with van der Waals surface area (Å²) in [6.07, 6.45) is -0.573. The van der Waals surface area contributed by atoms with E-state index in [1.165, 1.54) is 0 Å². The second-order valence-electron chi connectivity index (χ2n) is 3.34. The minimum atomic E-state index is -3.27. The fourth-order valence-electron chi connectivity index (χ4n) is 1.39. The van der Waals surface area contributed by atoms with Gasteiger partial charge in [-0.2, -0.15) is 8.78 Å². The number of halogens is 2. The maximum atomic E-state index is 12.1. The van der Waals surface area contributed by atoms with Crippen molar-refractivity contribution in [1.82, 2.24) is 0 Å². The zero-order chi connectivity index (χ0) is 14.6. The average molecular weight is 275 g/mol. The molecular formula is C10H7F2NO6. The summed E-state index contributed by atoms with van der Waals surface area (Å²) in [7, 11) is 0. The predicted molar refractivity (Wildman–Crippen MR) is 56.5 cm³/mol. The molecule has 1 rings (SSSR count). The van der Waals surface area contributed by atoms with Crippen LogP contribution in [0.3, 0.4) is 0 Å². The lowest BCUT2D eigenvalue weighted by Crippen LogP contribution is -2.09. The van der Waals surface area contributed by atoms with E-state index >= 15 is 0 Å². The molecule has 0 aliphatic heterocycles. The normalized spacial score (nSPS) is 10.3. The van der Waals surface area contributed by atoms with Gasteiger partial charge in [-0.25, -0.2) is 0 Å². The third-order valence-electron chi connectivity index (χ3n) is 2.09. The van der Waals surface area contributed by atoms with Gasteiger partial charge < -0.3 is 9.84 Å². The Labute approximate surface area is 104 Å². The minimum Gasteiger partial charge on any atom is -0.481 e. The highest BCUT2D eigenvalue weighted by Crippen LogP contribution is 2.29. The van der Waals surface area contributed by atoms with Gasteiger partial charge in [-0.3, -0.25) is 19.7 Å². The largest absolute Gasteiger partial charge is 0.481 e. The molecule has 0 aliphatic carbocycles. The third-order valence-corrected chi connectivity index (χ3v) is 2.09. The maximum Gasteiger partial charge on any atom is 0.387 e. The van der Waals surface area contributed by atoms with Crippen molar-refractivity contribution < 1.29 is 33.1 Å². The first-order valence-corrected chi connectivity index (χ1v) is 4.78. The molecule has 1 aromatic carbocycles. The second kappa shape index (κ2) is 5.85. The van der Waals surface area contributed by atoms with Crippen LogP contribution in [0.15, 0.2) is 12.1 Å². The van der Waals surface area contributed by atoms with Crippen LogP contribution in [0.4, 0.5) is 14.5 Å². The molecule has 102 valence electrons. The van der Waals surface area contributed by atoms with Gasteiger partial charge in [0.05, 0.1) is 23.0 Å². The molecule has 1 N–H and O–H groups in total. The van der Waals surface area contributed by atoms with E-state index in [0.29, 0.717) is 6.07 Å². The molecule has 1 aromatic rings. The number of nitro groups is 1. The highest BCUT2D eigenvalue weighted by Gasteiger charge is 2.21. The Morgan fingerprint density at radius 1 is 1.53 bits per heavy atom. The summed E-state index contributed by atoms with van der Waals surface area (Å²) in [6, 6.07) is 1.45. The van der Waals surface area contributed by atoms with Crippen molar-refractivity contribution in [3.05, 3.63) is 33.4 Å². The van der Waals surface area contributed by atoms with Gasteiger partial charge in [0.25, 0.3) is 5.69 Å². The van der Waals surface area contributed by atoms with Crippen molar-refractivity contribution in [2.45, 2.75) is 13.0 Å². The zero-order valence-corrected chi connectivity index (χ0v) is 9.21. The van der Waals surface area contributed by atoms with Crippen LogP contribution in [0.5, 0.6) is 5.75 Å². The number of carbonyl (C=O) groups is 2. The quantitative estimate of drug-likeness (QED) is 0.480. The number of carboxylic acid groups (broad SMARTS) is 1. The number of hydrogen-bond donors (Lipinski definition) is 1. The SMILES string of the molecule is O=Cc1cc(CC(=O)O)c(OC(F)F)cc1[N+](=O)[O-]. The summed E-state index contributed by atoms with van der Waals surface area (Å²) in [5.74, 6) is -2.00. The minimum absolute atomic E-state index is 0.135. The highest BCUT2D eigenvalue weighted by molar-refractivity contribution is 5.83. The number of alkyl halides is 2. The maximum absolute atomic E-state index is 12.1. The van der Waals surface area contributed by atoms with E-state index in [9.17, 15) is 28.5 Å². The summed E-state index contributed by atoms with van der Waals surface area (Å²) < 4.78 is 28.3. The summed E-state index contributed by atoms with van der Waals surface area (Å²) in [6.45, 7) is -3.27. The lowest BCUT2D eigenvalue weighted by Gasteiger charge is -2.10. The van der Waals surface area contributed by atoms with Gasteiger partial charge in [0.2, 0.25) is 0 Å². The van der Waals surface area contributed by atoms with Crippen LogP contribution in [0.25, 0.3) is 0 Å². The first-order chi connectivity index (χ1) is 8.85. The number of nitro benzene ring substituents is 1. The van der Waals surface area contributed by atoms with Crippen LogP contribution in [-0.2, 0) is 11.2 Å². The number of carbonyl (C=O) groups excluding carboxylic acids is 1. The van der Waals surface area contributed by atoms with Crippen molar-refractivity contribution in [2.75, 3.05) is 0 Å². The van der Waals surface area contributed by atoms with Gasteiger partial charge in [-0.1, -0.05) is 0 Å². The predicted octanol–water partition coefficient (Wildman–Crippen LogP) is 1.64. The number of nitrogens with zero attached hydrogens (tertiary/aromatic N) is 1. The van der Waals surface area contributed by atoms with Crippen molar-refractivity contribution >= 4 is 17.9 Å². The Morgan fingerprint density at radius 3 is 2.58 bits per heavy atom. The van der Waals surface area contributed by atoms with Crippen LogP contribution in [-0.4, -0.2) is 28.9 Å².